The number of nitrogens with zero attached hydrogens (tertiary/aromatic N) is 2. The zero-order valence-corrected chi connectivity index (χ0v) is 17.5. The zero-order valence-electron chi connectivity index (χ0n) is 16.6. The molecular formula is C20H28N3O5S. The number of hydrogen-bond donors (Lipinski definition) is 2. The number of amides is 2. The first-order valence-corrected chi connectivity index (χ1v) is 11.4. The first-order valence-electron chi connectivity index (χ1n) is 9.93. The third kappa shape index (κ3) is 4.79. The molecule has 1 radical (unpaired) electrons. The van der Waals surface area contributed by atoms with E-state index in [2.05, 4.69) is 11.6 Å². The van der Waals surface area contributed by atoms with Gasteiger partial charge in [0.15, 0.2) is 0 Å². The number of sulfonamides is 1. The molecule has 2 aliphatic heterocycles. The van der Waals surface area contributed by atoms with Gasteiger partial charge in [-0.15, -0.1) is 0 Å². The fourth-order valence-corrected chi connectivity index (χ4v) is 5.22. The molecule has 2 heterocycles. The third-order valence-corrected chi connectivity index (χ3v) is 7.15. The second-order valence-electron chi connectivity index (χ2n) is 7.63. The number of aliphatic hydroxyl groups excluding tert-OH is 1. The van der Waals surface area contributed by atoms with Crippen molar-refractivity contribution < 1.29 is 23.1 Å². The molecule has 159 valence electrons. The van der Waals surface area contributed by atoms with Gasteiger partial charge in [-0.25, -0.2) is 8.42 Å². The molecule has 0 aliphatic carbocycles. The first kappa shape index (κ1) is 21.7. The molecule has 0 unspecified atom stereocenters. The summed E-state index contributed by atoms with van der Waals surface area (Å²) in [5, 5.41) is 9.57. The maximum Gasteiger partial charge on any atom is 0.241 e. The molecule has 1 aromatic carbocycles. The number of anilines is 1. The molecule has 2 N–H and O–H groups in total. The SMILES string of the molecule is [CH2][C@H](NS(=O)(=O)c1cccc(N2CCCCC2=O)c1C)C(=O)N1CCC(O)CC1. The van der Waals surface area contributed by atoms with Gasteiger partial charge in [0.2, 0.25) is 21.8 Å². The molecule has 9 heteroatoms. The monoisotopic (exact) mass is 422 g/mol. The van der Waals surface area contributed by atoms with Crippen molar-refractivity contribution in [1.82, 2.24) is 9.62 Å². The Labute approximate surface area is 171 Å². The minimum Gasteiger partial charge on any atom is -0.393 e. The van der Waals surface area contributed by atoms with Crippen molar-refractivity contribution in [2.24, 2.45) is 0 Å². The highest BCUT2D eigenvalue weighted by atomic mass is 32.2. The van der Waals surface area contributed by atoms with Crippen LogP contribution in [-0.4, -0.2) is 62.0 Å². The van der Waals surface area contributed by atoms with E-state index >= 15 is 0 Å². The molecule has 3 rings (SSSR count). The second-order valence-corrected chi connectivity index (χ2v) is 9.32. The van der Waals surface area contributed by atoms with Crippen LogP contribution in [0.15, 0.2) is 23.1 Å². The molecule has 1 atom stereocenters. The van der Waals surface area contributed by atoms with Gasteiger partial charge in [0.1, 0.15) is 6.04 Å². The lowest BCUT2D eigenvalue weighted by atomic mass is 10.1. The van der Waals surface area contributed by atoms with Gasteiger partial charge in [-0.1, -0.05) is 6.07 Å². The van der Waals surface area contributed by atoms with Crippen LogP contribution in [0.2, 0.25) is 0 Å². The standard InChI is InChI=1S/C20H28N3O5S/c1-14-17(23-11-4-3-8-19(23)25)6-5-7-18(14)29(27,28)21-15(2)20(26)22-12-9-16(24)10-13-22/h5-7,15-16,21,24H,2-4,8-13H2,1H3/t15-/m0/s1. The van der Waals surface area contributed by atoms with Crippen LogP contribution >= 0.6 is 0 Å². The molecule has 2 amide bonds. The molecule has 0 aromatic heterocycles. The fourth-order valence-electron chi connectivity index (χ4n) is 3.85. The number of rotatable bonds is 5. The van der Waals surface area contributed by atoms with E-state index in [9.17, 15) is 23.1 Å². The number of carbonyl (C=O) groups is 2. The summed E-state index contributed by atoms with van der Waals surface area (Å²) in [5.74, 6) is -0.431. The van der Waals surface area contributed by atoms with E-state index < -0.39 is 28.1 Å². The molecule has 0 saturated carbocycles. The Morgan fingerprint density at radius 2 is 1.93 bits per heavy atom. The van der Waals surface area contributed by atoms with Gasteiger partial charge in [-0.2, -0.15) is 4.72 Å². The fraction of sp³-hybridized carbons (Fsp3) is 0.550. The van der Waals surface area contributed by atoms with Crippen molar-refractivity contribution in [3.8, 4) is 0 Å². The lowest BCUT2D eigenvalue weighted by Crippen LogP contribution is -2.50. The maximum absolute atomic E-state index is 13.0. The lowest BCUT2D eigenvalue weighted by Gasteiger charge is -2.32. The van der Waals surface area contributed by atoms with E-state index in [4.69, 9.17) is 0 Å². The normalized spacial score (nSPS) is 20.0. The first-order chi connectivity index (χ1) is 13.7. The summed E-state index contributed by atoms with van der Waals surface area (Å²) in [5.41, 5.74) is 1.05. The predicted octanol–water partition coefficient (Wildman–Crippen LogP) is 0.976. The summed E-state index contributed by atoms with van der Waals surface area (Å²) in [7, 11) is -4.01. The van der Waals surface area contributed by atoms with E-state index in [0.717, 1.165) is 12.8 Å². The van der Waals surface area contributed by atoms with Crippen LogP contribution < -0.4 is 9.62 Å². The highest BCUT2D eigenvalue weighted by molar-refractivity contribution is 7.89. The van der Waals surface area contributed by atoms with Crippen LogP contribution in [-0.2, 0) is 19.6 Å². The summed E-state index contributed by atoms with van der Waals surface area (Å²) < 4.78 is 28.3. The Kier molecular flexibility index (Phi) is 6.60. The average Bonchev–Trinajstić information content (AvgIpc) is 2.68. The summed E-state index contributed by atoms with van der Waals surface area (Å²) in [6.45, 7) is 6.66. The summed E-state index contributed by atoms with van der Waals surface area (Å²) >= 11 is 0. The quantitative estimate of drug-likeness (QED) is 0.736. The van der Waals surface area contributed by atoms with Gasteiger partial charge >= 0.3 is 0 Å². The number of likely N-dealkylation sites (tertiary alicyclic amines) is 1. The summed E-state index contributed by atoms with van der Waals surface area (Å²) in [6, 6.07) is 3.63. The van der Waals surface area contributed by atoms with Crippen molar-refractivity contribution in [2.45, 2.75) is 56.1 Å². The smallest absolute Gasteiger partial charge is 0.241 e. The minimum atomic E-state index is -4.01. The predicted molar refractivity (Wildman–Crippen MR) is 109 cm³/mol. The second kappa shape index (κ2) is 8.81. The van der Waals surface area contributed by atoms with Crippen molar-refractivity contribution in [2.75, 3.05) is 24.5 Å². The van der Waals surface area contributed by atoms with Crippen LogP contribution in [0.1, 0.15) is 37.7 Å². The largest absolute Gasteiger partial charge is 0.393 e. The van der Waals surface area contributed by atoms with Crippen molar-refractivity contribution in [1.29, 1.82) is 0 Å². The topological polar surface area (TPSA) is 107 Å². The molecule has 8 nitrogen and oxygen atoms in total. The van der Waals surface area contributed by atoms with Crippen LogP contribution in [0.25, 0.3) is 0 Å². The van der Waals surface area contributed by atoms with Crippen molar-refractivity contribution in [3.63, 3.8) is 0 Å². The van der Waals surface area contributed by atoms with E-state index in [1.807, 2.05) is 0 Å². The number of piperidine rings is 2. The maximum atomic E-state index is 13.0. The number of carbonyl (C=O) groups excluding carboxylic acids is 2. The molecule has 29 heavy (non-hydrogen) atoms. The molecule has 0 bridgehead atoms. The Balaban J connectivity index is 1.78. The van der Waals surface area contributed by atoms with Gasteiger partial charge in [-0.05, 0) is 57.2 Å². The Bertz CT molecular complexity index is 878. The lowest BCUT2D eigenvalue weighted by molar-refractivity contribution is -0.133. The number of benzene rings is 1. The van der Waals surface area contributed by atoms with Crippen LogP contribution in [0.4, 0.5) is 5.69 Å². The number of hydrogen-bond acceptors (Lipinski definition) is 5. The van der Waals surface area contributed by atoms with Crippen LogP contribution in [0.3, 0.4) is 0 Å². The van der Waals surface area contributed by atoms with Gasteiger partial charge in [0.25, 0.3) is 0 Å². The summed E-state index contributed by atoms with van der Waals surface area (Å²) in [4.78, 5) is 28.0. The van der Waals surface area contributed by atoms with Gasteiger partial charge in [0.05, 0.1) is 11.0 Å². The average molecular weight is 423 g/mol. The van der Waals surface area contributed by atoms with Crippen LogP contribution in [0.5, 0.6) is 0 Å². The Morgan fingerprint density at radius 3 is 2.59 bits per heavy atom. The zero-order chi connectivity index (χ0) is 21.2. The van der Waals surface area contributed by atoms with Crippen molar-refractivity contribution in [3.05, 3.63) is 30.7 Å². The van der Waals surface area contributed by atoms with Crippen LogP contribution in [0, 0.1) is 13.8 Å². The molecule has 0 spiro atoms. The van der Waals surface area contributed by atoms with E-state index in [1.54, 1.807) is 24.0 Å². The molecule has 2 aliphatic rings. The number of aliphatic hydroxyl groups is 1. The Morgan fingerprint density at radius 1 is 1.24 bits per heavy atom. The van der Waals surface area contributed by atoms with Gasteiger partial charge in [0, 0.05) is 31.7 Å². The molecular weight excluding hydrogens is 394 g/mol. The molecule has 2 fully saturated rings. The third-order valence-electron chi connectivity index (χ3n) is 5.53. The molecule has 2 saturated heterocycles. The highest BCUT2D eigenvalue weighted by Crippen LogP contribution is 2.29. The van der Waals surface area contributed by atoms with E-state index in [1.165, 1.54) is 11.0 Å². The van der Waals surface area contributed by atoms with E-state index in [0.29, 0.717) is 50.1 Å². The highest BCUT2D eigenvalue weighted by Gasteiger charge is 2.30. The van der Waals surface area contributed by atoms with Crippen molar-refractivity contribution >= 4 is 27.5 Å². The minimum absolute atomic E-state index is 0.0145. The molecule has 1 aromatic rings. The number of nitrogens with one attached hydrogen (secondary N) is 1. The van der Waals surface area contributed by atoms with Gasteiger partial charge < -0.3 is 14.9 Å². The Hall–Kier alpha value is -1.97. The van der Waals surface area contributed by atoms with Gasteiger partial charge in [-0.3, -0.25) is 9.59 Å². The summed E-state index contributed by atoms with van der Waals surface area (Å²) in [6.07, 6.45) is 2.68. The van der Waals surface area contributed by atoms with E-state index in [-0.39, 0.29) is 10.8 Å².